The quantitative estimate of drug-likeness (QED) is 0.689. The van der Waals surface area contributed by atoms with Gasteiger partial charge in [-0.3, -0.25) is 4.72 Å². The molecule has 0 radical (unpaired) electrons. The molecule has 0 aliphatic heterocycles. The molecule has 1 N–H and O–H groups in total. The Balaban J connectivity index is 1.96. The predicted molar refractivity (Wildman–Crippen MR) is 87.5 cm³/mol. The van der Waals surface area contributed by atoms with Crippen molar-refractivity contribution in [3.63, 3.8) is 0 Å². The molecule has 1 aromatic carbocycles. The van der Waals surface area contributed by atoms with Crippen molar-refractivity contribution in [2.75, 3.05) is 4.72 Å². The molecule has 0 aliphatic rings. The zero-order valence-electron chi connectivity index (χ0n) is 9.63. The average Bonchev–Trinajstić information content (AvgIpc) is 2.94. The molecule has 20 heavy (non-hydrogen) atoms. The van der Waals surface area contributed by atoms with Crippen LogP contribution in [0.25, 0.3) is 10.2 Å². The summed E-state index contributed by atoms with van der Waals surface area (Å²) in [5, 5.41) is 0.921. The van der Waals surface area contributed by atoms with Gasteiger partial charge in [0.2, 0.25) is 0 Å². The fourth-order valence-electron chi connectivity index (χ4n) is 1.55. The molecule has 104 valence electrons. The molecule has 9 heteroatoms. The van der Waals surface area contributed by atoms with Crippen LogP contribution in [0.3, 0.4) is 0 Å². The first-order chi connectivity index (χ1) is 9.44. The standard InChI is InChI=1S/C11H6BrClN2O2S3/c12-9-3-4-10(19-9)20(16,17)15-11-14-7-2-1-6(13)5-8(7)18-11/h1-5H,(H,14,15). The number of aromatic nitrogens is 1. The molecule has 0 saturated heterocycles. The van der Waals surface area contributed by atoms with Crippen LogP contribution in [0.1, 0.15) is 0 Å². The van der Waals surface area contributed by atoms with E-state index in [4.69, 9.17) is 11.6 Å². The molecular weight excluding hydrogens is 404 g/mol. The van der Waals surface area contributed by atoms with Gasteiger partial charge in [0, 0.05) is 5.02 Å². The number of benzene rings is 1. The molecule has 3 rings (SSSR count). The SMILES string of the molecule is O=S(=O)(Nc1nc2ccc(Cl)cc2s1)c1ccc(Br)s1. The predicted octanol–water partition coefficient (Wildman–Crippen LogP) is 4.57. The summed E-state index contributed by atoms with van der Waals surface area (Å²) in [7, 11) is -3.60. The summed E-state index contributed by atoms with van der Waals surface area (Å²) in [6.07, 6.45) is 0. The van der Waals surface area contributed by atoms with E-state index in [1.807, 2.05) is 0 Å². The lowest BCUT2D eigenvalue weighted by atomic mass is 10.3. The van der Waals surface area contributed by atoms with E-state index in [1.54, 1.807) is 30.3 Å². The minimum atomic E-state index is -3.60. The van der Waals surface area contributed by atoms with E-state index < -0.39 is 10.0 Å². The maximum Gasteiger partial charge on any atom is 0.273 e. The molecule has 0 amide bonds. The van der Waals surface area contributed by atoms with Gasteiger partial charge in [0.1, 0.15) is 4.21 Å². The van der Waals surface area contributed by atoms with Crippen molar-refractivity contribution >= 4 is 75.6 Å². The Bertz CT molecular complexity index is 888. The van der Waals surface area contributed by atoms with Crippen molar-refractivity contribution in [2.24, 2.45) is 0 Å². The molecule has 3 aromatic rings. The number of anilines is 1. The Labute approximate surface area is 136 Å². The summed E-state index contributed by atoms with van der Waals surface area (Å²) in [5.74, 6) is 0. The van der Waals surface area contributed by atoms with Gasteiger partial charge in [-0.15, -0.1) is 11.3 Å². The highest BCUT2D eigenvalue weighted by Gasteiger charge is 2.18. The molecule has 0 unspecified atom stereocenters. The van der Waals surface area contributed by atoms with Crippen LogP contribution in [0.2, 0.25) is 5.02 Å². The Morgan fingerprint density at radius 1 is 1.20 bits per heavy atom. The Morgan fingerprint density at radius 2 is 2.00 bits per heavy atom. The number of hydrogen-bond donors (Lipinski definition) is 1. The van der Waals surface area contributed by atoms with Crippen LogP contribution in [0.15, 0.2) is 38.3 Å². The van der Waals surface area contributed by atoms with Gasteiger partial charge in [-0.25, -0.2) is 13.4 Å². The molecule has 0 spiro atoms. The number of sulfonamides is 1. The van der Waals surface area contributed by atoms with Crippen molar-refractivity contribution in [2.45, 2.75) is 4.21 Å². The van der Waals surface area contributed by atoms with E-state index >= 15 is 0 Å². The summed E-state index contributed by atoms with van der Waals surface area (Å²) < 4.78 is 28.7. The number of nitrogens with zero attached hydrogens (tertiary/aromatic N) is 1. The Morgan fingerprint density at radius 3 is 2.70 bits per heavy atom. The Kier molecular flexibility index (Phi) is 3.76. The topological polar surface area (TPSA) is 59.1 Å². The molecule has 2 heterocycles. The number of nitrogens with one attached hydrogen (secondary N) is 1. The first-order valence-electron chi connectivity index (χ1n) is 5.28. The lowest BCUT2D eigenvalue weighted by Crippen LogP contribution is -2.10. The van der Waals surface area contributed by atoms with Gasteiger partial charge in [-0.05, 0) is 46.3 Å². The van der Waals surface area contributed by atoms with Gasteiger partial charge in [0.05, 0.1) is 14.0 Å². The number of fused-ring (bicyclic) bond motifs is 1. The van der Waals surface area contributed by atoms with Crippen LogP contribution >= 0.6 is 50.2 Å². The summed E-state index contributed by atoms with van der Waals surface area (Å²) in [6.45, 7) is 0. The maximum atomic E-state index is 12.2. The minimum Gasteiger partial charge on any atom is -0.254 e. The molecular formula is C11H6BrClN2O2S3. The van der Waals surface area contributed by atoms with Gasteiger partial charge < -0.3 is 0 Å². The fraction of sp³-hybridized carbons (Fsp3) is 0. The van der Waals surface area contributed by atoms with Crippen LogP contribution in [-0.4, -0.2) is 13.4 Å². The van der Waals surface area contributed by atoms with Crippen LogP contribution in [0, 0.1) is 0 Å². The molecule has 0 bridgehead atoms. The van der Waals surface area contributed by atoms with Gasteiger partial charge in [0.25, 0.3) is 10.0 Å². The van der Waals surface area contributed by atoms with Crippen molar-refractivity contribution in [1.29, 1.82) is 0 Å². The molecule has 0 fully saturated rings. The summed E-state index contributed by atoms with van der Waals surface area (Å²) in [5.41, 5.74) is 0.712. The lowest BCUT2D eigenvalue weighted by molar-refractivity contribution is 0.603. The Hall–Kier alpha value is -0.670. The molecule has 2 aromatic heterocycles. The van der Waals surface area contributed by atoms with Crippen molar-refractivity contribution in [3.8, 4) is 0 Å². The molecule has 0 aliphatic carbocycles. The van der Waals surface area contributed by atoms with Crippen molar-refractivity contribution in [1.82, 2.24) is 4.98 Å². The highest BCUT2D eigenvalue weighted by atomic mass is 79.9. The fourth-order valence-corrected chi connectivity index (χ4v) is 5.94. The van der Waals surface area contributed by atoms with Gasteiger partial charge in [0.15, 0.2) is 5.13 Å². The molecule has 4 nitrogen and oxygen atoms in total. The van der Waals surface area contributed by atoms with Crippen LogP contribution in [-0.2, 0) is 10.0 Å². The van der Waals surface area contributed by atoms with E-state index in [2.05, 4.69) is 25.6 Å². The van der Waals surface area contributed by atoms with Crippen molar-refractivity contribution < 1.29 is 8.42 Å². The molecule has 0 atom stereocenters. The first-order valence-corrected chi connectivity index (χ1v) is 9.57. The van der Waals surface area contributed by atoms with Gasteiger partial charge in [-0.1, -0.05) is 22.9 Å². The highest BCUT2D eigenvalue weighted by Crippen LogP contribution is 2.31. The molecule has 0 saturated carbocycles. The van der Waals surface area contributed by atoms with Crippen LogP contribution in [0.4, 0.5) is 5.13 Å². The van der Waals surface area contributed by atoms with Crippen LogP contribution in [0.5, 0.6) is 0 Å². The number of halogens is 2. The van der Waals surface area contributed by atoms with E-state index in [1.165, 1.54) is 11.3 Å². The van der Waals surface area contributed by atoms with E-state index in [0.29, 0.717) is 15.7 Å². The number of hydrogen-bond acceptors (Lipinski definition) is 5. The zero-order valence-corrected chi connectivity index (χ0v) is 14.4. The lowest BCUT2D eigenvalue weighted by Gasteiger charge is -2.01. The summed E-state index contributed by atoms with van der Waals surface area (Å²) >= 11 is 11.5. The number of rotatable bonds is 3. The second-order valence-corrected chi connectivity index (χ2v) is 9.63. The van der Waals surface area contributed by atoms with Gasteiger partial charge in [-0.2, -0.15) is 0 Å². The van der Waals surface area contributed by atoms with Crippen molar-refractivity contribution in [3.05, 3.63) is 39.1 Å². The van der Waals surface area contributed by atoms with Crippen LogP contribution < -0.4 is 4.72 Å². The monoisotopic (exact) mass is 408 g/mol. The maximum absolute atomic E-state index is 12.2. The van der Waals surface area contributed by atoms with E-state index in [9.17, 15) is 8.42 Å². The third-order valence-electron chi connectivity index (χ3n) is 2.39. The van der Waals surface area contributed by atoms with Gasteiger partial charge >= 0.3 is 0 Å². The average molecular weight is 410 g/mol. The minimum absolute atomic E-state index is 0.238. The van der Waals surface area contributed by atoms with E-state index in [-0.39, 0.29) is 4.21 Å². The summed E-state index contributed by atoms with van der Waals surface area (Å²) in [4.78, 5) is 4.23. The highest BCUT2D eigenvalue weighted by molar-refractivity contribution is 9.11. The first kappa shape index (κ1) is 14.3. The normalized spacial score (nSPS) is 11.9. The third kappa shape index (κ3) is 2.84. The number of thiazole rings is 1. The number of thiophene rings is 1. The summed E-state index contributed by atoms with van der Waals surface area (Å²) in [6, 6.07) is 8.47. The zero-order chi connectivity index (χ0) is 14.3. The second-order valence-electron chi connectivity index (χ2n) is 3.80. The smallest absolute Gasteiger partial charge is 0.254 e. The largest absolute Gasteiger partial charge is 0.273 e. The third-order valence-corrected chi connectivity index (χ3v) is 7.14. The van der Waals surface area contributed by atoms with E-state index in [0.717, 1.165) is 19.8 Å². The second kappa shape index (κ2) is 5.27.